The SMILES string of the molecule is CCn1c2ccccc2c2cc(NC(=O)[C@@H]3CCCN(S(=O)(=O)c4ccc(OC)c(OC)c4)C3)ccc21. The van der Waals surface area contributed by atoms with E-state index in [1.165, 1.54) is 30.7 Å². The van der Waals surface area contributed by atoms with Crippen molar-refractivity contribution >= 4 is 43.4 Å². The molecule has 0 aliphatic carbocycles. The van der Waals surface area contributed by atoms with Crippen LogP contribution in [0.1, 0.15) is 19.8 Å². The number of rotatable bonds is 7. The lowest BCUT2D eigenvalue weighted by molar-refractivity contribution is -0.120. The Hall–Kier alpha value is -3.56. The predicted molar refractivity (Wildman–Crippen MR) is 145 cm³/mol. The Bertz CT molecular complexity index is 1580. The van der Waals surface area contributed by atoms with Crippen molar-refractivity contribution in [2.24, 2.45) is 5.92 Å². The third-order valence-electron chi connectivity index (χ3n) is 7.10. The van der Waals surface area contributed by atoms with Crippen LogP contribution >= 0.6 is 0 Å². The molecule has 1 aliphatic rings. The smallest absolute Gasteiger partial charge is 0.243 e. The van der Waals surface area contributed by atoms with Gasteiger partial charge < -0.3 is 19.4 Å². The van der Waals surface area contributed by atoms with Gasteiger partial charge in [0.2, 0.25) is 15.9 Å². The van der Waals surface area contributed by atoms with Gasteiger partial charge in [-0.05, 0) is 56.2 Å². The number of aryl methyl sites for hydroxylation is 1. The molecule has 0 bridgehead atoms. The van der Waals surface area contributed by atoms with Gasteiger partial charge in [0, 0.05) is 53.2 Å². The van der Waals surface area contributed by atoms with Gasteiger partial charge in [-0.3, -0.25) is 4.79 Å². The van der Waals surface area contributed by atoms with Crippen LogP contribution in [0.15, 0.2) is 65.6 Å². The number of aromatic nitrogens is 1. The molecule has 0 radical (unpaired) electrons. The van der Waals surface area contributed by atoms with Crippen molar-refractivity contribution < 1.29 is 22.7 Å². The summed E-state index contributed by atoms with van der Waals surface area (Å²) in [7, 11) is -0.833. The zero-order chi connectivity index (χ0) is 26.2. The fraction of sp³-hybridized carbons (Fsp3) is 0.321. The summed E-state index contributed by atoms with van der Waals surface area (Å²) < 4.78 is 40.9. The lowest BCUT2D eigenvalue weighted by Gasteiger charge is -2.31. The number of nitrogens with one attached hydrogen (secondary N) is 1. The number of benzene rings is 3. The van der Waals surface area contributed by atoms with Crippen LogP contribution in [0, 0.1) is 5.92 Å². The molecule has 5 rings (SSSR count). The number of hydrogen-bond acceptors (Lipinski definition) is 5. The molecule has 9 heteroatoms. The molecular formula is C28H31N3O5S. The van der Waals surface area contributed by atoms with Gasteiger partial charge in [0.25, 0.3) is 0 Å². The van der Waals surface area contributed by atoms with Crippen LogP contribution in [0.5, 0.6) is 11.5 Å². The first-order chi connectivity index (χ1) is 17.9. The van der Waals surface area contributed by atoms with E-state index in [0.29, 0.717) is 36.6 Å². The Balaban J connectivity index is 1.36. The van der Waals surface area contributed by atoms with E-state index in [2.05, 4.69) is 28.9 Å². The highest BCUT2D eigenvalue weighted by molar-refractivity contribution is 7.89. The maximum Gasteiger partial charge on any atom is 0.243 e. The Labute approximate surface area is 216 Å². The van der Waals surface area contributed by atoms with E-state index in [1.807, 2.05) is 30.3 Å². The first-order valence-electron chi connectivity index (χ1n) is 12.4. The minimum Gasteiger partial charge on any atom is -0.493 e. The highest BCUT2D eigenvalue weighted by Gasteiger charge is 2.34. The zero-order valence-corrected chi connectivity index (χ0v) is 22.0. The second kappa shape index (κ2) is 10.1. The molecule has 0 unspecified atom stereocenters. The van der Waals surface area contributed by atoms with Crippen LogP contribution < -0.4 is 14.8 Å². The summed E-state index contributed by atoms with van der Waals surface area (Å²) in [6, 6.07) is 18.7. The summed E-state index contributed by atoms with van der Waals surface area (Å²) in [5.74, 6) is 0.174. The lowest BCUT2D eigenvalue weighted by atomic mass is 9.98. The average molecular weight is 522 g/mol. The van der Waals surface area contributed by atoms with E-state index in [1.54, 1.807) is 6.07 Å². The molecule has 8 nitrogen and oxygen atoms in total. The van der Waals surface area contributed by atoms with Crippen LogP contribution in [-0.4, -0.2) is 50.5 Å². The summed E-state index contributed by atoms with van der Waals surface area (Å²) in [4.78, 5) is 13.4. The molecular weight excluding hydrogens is 490 g/mol. The molecule has 1 amide bonds. The van der Waals surface area contributed by atoms with Gasteiger partial charge in [-0.15, -0.1) is 0 Å². The number of amides is 1. The van der Waals surface area contributed by atoms with E-state index in [4.69, 9.17) is 9.47 Å². The molecule has 2 heterocycles. The van der Waals surface area contributed by atoms with Crippen molar-refractivity contribution in [1.29, 1.82) is 0 Å². The molecule has 1 N–H and O–H groups in total. The molecule has 3 aromatic carbocycles. The molecule has 1 saturated heterocycles. The molecule has 0 saturated carbocycles. The number of ether oxygens (including phenoxy) is 2. The average Bonchev–Trinajstić information content (AvgIpc) is 3.25. The summed E-state index contributed by atoms with van der Waals surface area (Å²) in [6.07, 6.45) is 1.23. The summed E-state index contributed by atoms with van der Waals surface area (Å²) in [6.45, 7) is 3.46. The highest BCUT2D eigenvalue weighted by Crippen LogP contribution is 2.33. The van der Waals surface area contributed by atoms with Gasteiger partial charge in [0.05, 0.1) is 25.0 Å². The van der Waals surface area contributed by atoms with Gasteiger partial charge in [-0.1, -0.05) is 18.2 Å². The number of piperidine rings is 1. The molecule has 1 aromatic heterocycles. The predicted octanol–water partition coefficient (Wildman–Crippen LogP) is 4.87. The van der Waals surface area contributed by atoms with Crippen LogP contribution in [0.2, 0.25) is 0 Å². The molecule has 1 aliphatic heterocycles. The van der Waals surface area contributed by atoms with E-state index in [0.717, 1.165) is 28.4 Å². The van der Waals surface area contributed by atoms with Crippen molar-refractivity contribution in [2.75, 3.05) is 32.6 Å². The monoisotopic (exact) mass is 521 g/mol. The number of nitrogens with zero attached hydrogens (tertiary/aromatic N) is 2. The van der Waals surface area contributed by atoms with E-state index >= 15 is 0 Å². The number of carbonyl (C=O) groups excluding carboxylic acids is 1. The number of anilines is 1. The number of fused-ring (bicyclic) bond motifs is 3. The second-order valence-corrected chi connectivity index (χ2v) is 11.1. The number of para-hydroxylation sites is 1. The second-order valence-electron chi connectivity index (χ2n) is 9.20. The van der Waals surface area contributed by atoms with E-state index in [9.17, 15) is 13.2 Å². The molecule has 0 spiro atoms. The van der Waals surface area contributed by atoms with Crippen LogP contribution in [0.25, 0.3) is 21.8 Å². The number of methoxy groups -OCH3 is 2. The first kappa shape index (κ1) is 25.1. The lowest BCUT2D eigenvalue weighted by Crippen LogP contribution is -2.43. The number of sulfonamides is 1. The fourth-order valence-electron chi connectivity index (χ4n) is 5.22. The Morgan fingerprint density at radius 1 is 0.973 bits per heavy atom. The summed E-state index contributed by atoms with van der Waals surface area (Å²) in [5.41, 5.74) is 2.98. The third-order valence-corrected chi connectivity index (χ3v) is 8.96. The van der Waals surface area contributed by atoms with E-state index < -0.39 is 15.9 Å². The maximum atomic E-state index is 13.4. The third kappa shape index (κ3) is 4.53. The van der Waals surface area contributed by atoms with Crippen LogP contribution in [0.3, 0.4) is 0 Å². The van der Waals surface area contributed by atoms with Crippen molar-refractivity contribution in [3.8, 4) is 11.5 Å². The Morgan fingerprint density at radius 2 is 1.73 bits per heavy atom. The minimum atomic E-state index is -3.80. The molecule has 1 atom stereocenters. The van der Waals surface area contributed by atoms with Crippen molar-refractivity contribution in [1.82, 2.24) is 8.87 Å². The fourth-order valence-corrected chi connectivity index (χ4v) is 6.76. The van der Waals surface area contributed by atoms with Gasteiger partial charge >= 0.3 is 0 Å². The first-order valence-corrected chi connectivity index (χ1v) is 13.9. The normalized spacial score (nSPS) is 16.7. The summed E-state index contributed by atoms with van der Waals surface area (Å²) in [5, 5.41) is 5.25. The topological polar surface area (TPSA) is 89.9 Å². The van der Waals surface area contributed by atoms with Gasteiger partial charge in [0.15, 0.2) is 11.5 Å². The summed E-state index contributed by atoms with van der Waals surface area (Å²) >= 11 is 0. The van der Waals surface area contributed by atoms with Gasteiger partial charge in [0.1, 0.15) is 0 Å². The standard InChI is InChI=1S/C28H31N3O5S/c1-4-31-24-10-6-5-9-22(24)23-16-20(11-13-25(23)31)29-28(32)19-8-7-15-30(18-19)37(33,34)21-12-14-26(35-2)27(17-21)36-3/h5-6,9-14,16-17,19H,4,7-8,15,18H2,1-3H3,(H,29,32)/t19-/m1/s1. The Morgan fingerprint density at radius 3 is 2.49 bits per heavy atom. The maximum absolute atomic E-state index is 13.4. The highest BCUT2D eigenvalue weighted by atomic mass is 32.2. The number of carbonyl (C=O) groups is 1. The Kier molecular flexibility index (Phi) is 6.83. The largest absolute Gasteiger partial charge is 0.493 e. The van der Waals surface area contributed by atoms with Gasteiger partial charge in [-0.2, -0.15) is 4.31 Å². The number of hydrogen-bond donors (Lipinski definition) is 1. The van der Waals surface area contributed by atoms with Gasteiger partial charge in [-0.25, -0.2) is 8.42 Å². The van der Waals surface area contributed by atoms with Crippen LogP contribution in [-0.2, 0) is 21.4 Å². The molecule has 194 valence electrons. The molecule has 37 heavy (non-hydrogen) atoms. The zero-order valence-electron chi connectivity index (χ0n) is 21.2. The minimum absolute atomic E-state index is 0.115. The quantitative estimate of drug-likeness (QED) is 0.375. The van der Waals surface area contributed by atoms with Crippen LogP contribution in [0.4, 0.5) is 5.69 Å². The van der Waals surface area contributed by atoms with Crippen molar-refractivity contribution in [3.63, 3.8) is 0 Å². The molecule has 1 fully saturated rings. The molecule has 4 aromatic rings. The van der Waals surface area contributed by atoms with E-state index in [-0.39, 0.29) is 17.3 Å². The van der Waals surface area contributed by atoms with Crippen molar-refractivity contribution in [3.05, 3.63) is 60.7 Å². The van der Waals surface area contributed by atoms with Crippen molar-refractivity contribution in [2.45, 2.75) is 31.2 Å².